The second-order valence-corrected chi connectivity index (χ2v) is 6.56. The summed E-state index contributed by atoms with van der Waals surface area (Å²) in [6.07, 6.45) is 4.39. The molecule has 6 heteroatoms. The van der Waals surface area contributed by atoms with Crippen LogP contribution in [0.5, 0.6) is 0 Å². The van der Waals surface area contributed by atoms with Gasteiger partial charge in [0.05, 0.1) is 6.42 Å². The maximum absolute atomic E-state index is 12.0. The molecule has 0 aliphatic rings. The van der Waals surface area contributed by atoms with Crippen molar-refractivity contribution in [3.63, 3.8) is 0 Å². The van der Waals surface area contributed by atoms with Crippen LogP contribution in [0.4, 0.5) is 0 Å². The summed E-state index contributed by atoms with van der Waals surface area (Å²) in [5.41, 5.74) is 0.470. The van der Waals surface area contributed by atoms with Gasteiger partial charge in [0.15, 0.2) is 0 Å². The summed E-state index contributed by atoms with van der Waals surface area (Å²) in [5.74, 6) is -0.164. The second-order valence-electron chi connectivity index (χ2n) is 6.56. The van der Waals surface area contributed by atoms with E-state index in [1.807, 2.05) is 41.1 Å². The third kappa shape index (κ3) is 5.22. The molecule has 0 fully saturated rings. The first-order valence-corrected chi connectivity index (χ1v) is 7.93. The van der Waals surface area contributed by atoms with Gasteiger partial charge in [-0.25, -0.2) is 4.98 Å². The number of carbonyl (C=O) groups excluding carboxylic acids is 1. The van der Waals surface area contributed by atoms with Crippen molar-refractivity contribution < 1.29 is 14.7 Å². The Balaban J connectivity index is 1.86. The summed E-state index contributed by atoms with van der Waals surface area (Å²) < 4.78 is 1.99. The number of hydrogen-bond acceptors (Lipinski definition) is 3. The van der Waals surface area contributed by atoms with Gasteiger partial charge >= 0.3 is 5.97 Å². The predicted molar refractivity (Wildman–Crippen MR) is 90.9 cm³/mol. The zero-order valence-electron chi connectivity index (χ0n) is 14.0. The van der Waals surface area contributed by atoms with Gasteiger partial charge in [-0.15, -0.1) is 0 Å². The van der Waals surface area contributed by atoms with E-state index in [4.69, 9.17) is 5.11 Å². The molecule has 0 unspecified atom stereocenters. The zero-order chi connectivity index (χ0) is 17.6. The highest BCUT2D eigenvalue weighted by atomic mass is 16.4. The first-order chi connectivity index (χ1) is 11.4. The molecular weight excluding hydrogens is 306 g/mol. The highest BCUT2D eigenvalue weighted by molar-refractivity contribution is 5.77. The first kappa shape index (κ1) is 17.7. The van der Waals surface area contributed by atoms with E-state index in [0.717, 1.165) is 11.5 Å². The molecule has 1 aromatic heterocycles. The van der Waals surface area contributed by atoms with Gasteiger partial charge in [-0.3, -0.25) is 9.59 Å². The SMILES string of the molecule is CC(C)(CC(=O)O)CC(=O)NCCc1nccn1-c1ccccc1. The molecule has 24 heavy (non-hydrogen) atoms. The fourth-order valence-corrected chi connectivity index (χ4v) is 2.63. The van der Waals surface area contributed by atoms with Crippen LogP contribution >= 0.6 is 0 Å². The molecule has 0 bridgehead atoms. The average Bonchev–Trinajstić information content (AvgIpc) is 2.94. The number of aliphatic carboxylic acids is 1. The Hall–Kier alpha value is -2.63. The van der Waals surface area contributed by atoms with E-state index >= 15 is 0 Å². The first-order valence-electron chi connectivity index (χ1n) is 7.93. The van der Waals surface area contributed by atoms with E-state index in [2.05, 4.69) is 10.3 Å². The van der Waals surface area contributed by atoms with Crippen LogP contribution in [0.3, 0.4) is 0 Å². The molecule has 6 nitrogen and oxygen atoms in total. The fraction of sp³-hybridized carbons (Fsp3) is 0.389. The Bertz CT molecular complexity index is 693. The van der Waals surface area contributed by atoms with Crippen molar-refractivity contribution in [1.29, 1.82) is 0 Å². The summed E-state index contributed by atoms with van der Waals surface area (Å²) in [6, 6.07) is 9.88. The third-order valence-corrected chi connectivity index (χ3v) is 3.69. The lowest BCUT2D eigenvalue weighted by molar-refractivity contribution is -0.139. The average molecular weight is 329 g/mol. The monoisotopic (exact) mass is 329 g/mol. The highest BCUT2D eigenvalue weighted by Crippen LogP contribution is 2.24. The van der Waals surface area contributed by atoms with Crippen LogP contribution in [0.1, 0.15) is 32.5 Å². The van der Waals surface area contributed by atoms with Crippen molar-refractivity contribution in [2.75, 3.05) is 6.54 Å². The van der Waals surface area contributed by atoms with E-state index in [0.29, 0.717) is 13.0 Å². The van der Waals surface area contributed by atoms with Crippen LogP contribution < -0.4 is 5.32 Å². The van der Waals surface area contributed by atoms with Gasteiger partial charge in [-0.05, 0) is 17.5 Å². The summed E-state index contributed by atoms with van der Waals surface area (Å²) in [4.78, 5) is 27.1. The standard InChI is InChI=1S/C18H23N3O3/c1-18(2,13-17(23)24)12-16(22)20-9-8-15-19-10-11-21(15)14-6-4-3-5-7-14/h3-7,10-11H,8-9,12-13H2,1-2H3,(H,20,22)(H,23,24). The number of benzene rings is 1. The Labute approximate surface area is 141 Å². The van der Waals surface area contributed by atoms with Crippen LogP contribution in [0.2, 0.25) is 0 Å². The van der Waals surface area contributed by atoms with E-state index in [-0.39, 0.29) is 18.7 Å². The van der Waals surface area contributed by atoms with Gasteiger partial charge in [-0.2, -0.15) is 0 Å². The van der Waals surface area contributed by atoms with Crippen LogP contribution in [0.25, 0.3) is 5.69 Å². The van der Waals surface area contributed by atoms with Gasteiger partial charge in [0, 0.05) is 37.5 Å². The molecule has 128 valence electrons. The molecule has 2 rings (SSSR count). The van der Waals surface area contributed by atoms with Gasteiger partial charge in [0.25, 0.3) is 0 Å². The number of carboxylic acid groups (broad SMARTS) is 1. The second kappa shape index (κ2) is 7.77. The van der Waals surface area contributed by atoms with E-state index in [1.54, 1.807) is 20.0 Å². The molecule has 2 N–H and O–H groups in total. The van der Waals surface area contributed by atoms with Crippen molar-refractivity contribution in [2.45, 2.75) is 33.1 Å². The van der Waals surface area contributed by atoms with Gasteiger partial charge < -0.3 is 15.0 Å². The normalized spacial score (nSPS) is 11.2. The van der Waals surface area contributed by atoms with Gasteiger partial charge in [0.2, 0.25) is 5.91 Å². The Morgan fingerprint density at radius 1 is 1.21 bits per heavy atom. The molecule has 1 amide bonds. The van der Waals surface area contributed by atoms with Gasteiger partial charge in [0.1, 0.15) is 5.82 Å². The van der Waals surface area contributed by atoms with Gasteiger partial charge in [-0.1, -0.05) is 32.0 Å². The Morgan fingerprint density at radius 2 is 1.92 bits per heavy atom. The lowest BCUT2D eigenvalue weighted by atomic mass is 9.85. The lowest BCUT2D eigenvalue weighted by Crippen LogP contribution is -2.31. The number of rotatable bonds is 8. The molecule has 2 aromatic rings. The molecule has 0 spiro atoms. The van der Waals surface area contributed by atoms with E-state index in [1.165, 1.54) is 0 Å². The number of nitrogens with one attached hydrogen (secondary N) is 1. The van der Waals surface area contributed by atoms with Crippen LogP contribution in [0, 0.1) is 5.41 Å². The fourth-order valence-electron chi connectivity index (χ4n) is 2.63. The molecule has 0 atom stereocenters. The maximum Gasteiger partial charge on any atom is 0.303 e. The summed E-state index contributed by atoms with van der Waals surface area (Å²) in [6.45, 7) is 4.03. The van der Waals surface area contributed by atoms with Crippen molar-refractivity contribution in [3.05, 3.63) is 48.5 Å². The Morgan fingerprint density at radius 3 is 2.58 bits per heavy atom. The number of nitrogens with zero attached hydrogens (tertiary/aromatic N) is 2. The number of carbonyl (C=O) groups is 2. The number of carboxylic acids is 1. The minimum atomic E-state index is -0.891. The summed E-state index contributed by atoms with van der Waals surface area (Å²) in [5, 5.41) is 11.7. The number of aromatic nitrogens is 2. The van der Waals surface area contributed by atoms with Crippen molar-refractivity contribution >= 4 is 11.9 Å². The van der Waals surface area contributed by atoms with Crippen molar-refractivity contribution in [2.24, 2.45) is 5.41 Å². The van der Waals surface area contributed by atoms with Crippen molar-refractivity contribution in [1.82, 2.24) is 14.9 Å². The largest absolute Gasteiger partial charge is 0.481 e. The Kier molecular flexibility index (Phi) is 5.73. The molecule has 1 aromatic carbocycles. The molecule has 0 radical (unpaired) electrons. The predicted octanol–water partition coefficient (Wildman–Crippen LogP) is 2.42. The molecule has 1 heterocycles. The summed E-state index contributed by atoms with van der Waals surface area (Å²) in [7, 11) is 0. The van der Waals surface area contributed by atoms with E-state index in [9.17, 15) is 9.59 Å². The minimum Gasteiger partial charge on any atom is -0.481 e. The molecule has 0 saturated carbocycles. The third-order valence-electron chi connectivity index (χ3n) is 3.69. The highest BCUT2D eigenvalue weighted by Gasteiger charge is 2.25. The maximum atomic E-state index is 12.0. The van der Waals surface area contributed by atoms with Crippen molar-refractivity contribution in [3.8, 4) is 5.69 Å². The molecular formula is C18H23N3O3. The minimum absolute atomic E-state index is 0.0289. The number of para-hydroxylation sites is 1. The summed E-state index contributed by atoms with van der Waals surface area (Å²) >= 11 is 0. The lowest BCUT2D eigenvalue weighted by Gasteiger charge is -2.21. The quantitative estimate of drug-likeness (QED) is 0.779. The van der Waals surface area contributed by atoms with Crippen LogP contribution in [-0.2, 0) is 16.0 Å². The van der Waals surface area contributed by atoms with Crippen LogP contribution in [-0.4, -0.2) is 33.1 Å². The number of imidazole rings is 1. The topological polar surface area (TPSA) is 84.2 Å². The molecule has 0 saturated heterocycles. The van der Waals surface area contributed by atoms with Crippen LogP contribution in [0.15, 0.2) is 42.7 Å². The smallest absolute Gasteiger partial charge is 0.303 e. The molecule has 0 aliphatic heterocycles. The molecule has 0 aliphatic carbocycles. The number of amides is 1. The number of hydrogen-bond donors (Lipinski definition) is 2. The zero-order valence-corrected chi connectivity index (χ0v) is 14.0. The van der Waals surface area contributed by atoms with E-state index < -0.39 is 11.4 Å².